The third-order valence-electron chi connectivity index (χ3n) is 2.80. The second kappa shape index (κ2) is 13.7. The topological polar surface area (TPSA) is 44.8 Å². The van der Waals surface area contributed by atoms with E-state index in [1.54, 1.807) is 7.11 Å². The molecule has 0 heterocycles. The van der Waals surface area contributed by atoms with Gasteiger partial charge in [-0.05, 0) is 25.0 Å². The van der Waals surface area contributed by atoms with E-state index in [-0.39, 0.29) is 18.3 Å². The molecule has 0 N–H and O–H groups in total. The molecule has 1 rings (SSSR count). The zero-order valence-electron chi connectivity index (χ0n) is 13.5. The van der Waals surface area contributed by atoms with Crippen LogP contribution in [-0.2, 0) is 19.0 Å². The first-order valence-electron chi connectivity index (χ1n) is 7.54. The first-order valence-corrected chi connectivity index (χ1v) is 7.97. The van der Waals surface area contributed by atoms with E-state index in [9.17, 15) is 9.18 Å². The van der Waals surface area contributed by atoms with E-state index in [4.69, 9.17) is 25.8 Å². The van der Waals surface area contributed by atoms with Crippen molar-refractivity contribution < 1.29 is 23.4 Å². The number of ether oxygens (including phenoxy) is 3. The molecule has 0 aromatic rings. The normalized spacial score (nSPS) is 23.9. The molecule has 1 aliphatic carbocycles. The highest BCUT2D eigenvalue weighted by Crippen LogP contribution is 2.25. The second-order valence-corrected chi connectivity index (χ2v) is 4.98. The molecule has 0 saturated carbocycles. The maximum absolute atomic E-state index is 13.8. The molecule has 6 heteroatoms. The molecular formula is C16H26ClFO4. The Morgan fingerprint density at radius 1 is 1.32 bits per heavy atom. The van der Waals surface area contributed by atoms with Crippen LogP contribution in [0.15, 0.2) is 23.7 Å². The number of methoxy groups -OCH3 is 1. The molecule has 4 nitrogen and oxygen atoms in total. The van der Waals surface area contributed by atoms with E-state index in [2.05, 4.69) is 0 Å². The smallest absolute Gasteiger partial charge is 0.160 e. The average molecular weight is 337 g/mol. The van der Waals surface area contributed by atoms with Gasteiger partial charge in [0.15, 0.2) is 11.6 Å². The molecule has 128 valence electrons. The number of allylic oxidation sites excluding steroid dienone is 3. The number of alkyl halides is 1. The third kappa shape index (κ3) is 9.18. The van der Waals surface area contributed by atoms with Gasteiger partial charge in [-0.25, -0.2) is 4.39 Å². The Bertz CT molecular complexity index is 358. The highest BCUT2D eigenvalue weighted by atomic mass is 35.5. The first-order chi connectivity index (χ1) is 10.7. The maximum atomic E-state index is 13.8. The van der Waals surface area contributed by atoms with Gasteiger partial charge in [-0.15, -0.1) is 11.6 Å². The lowest BCUT2D eigenvalue weighted by atomic mass is 9.98. The number of hydrogen-bond acceptors (Lipinski definition) is 4. The third-order valence-corrected chi connectivity index (χ3v) is 3.11. The van der Waals surface area contributed by atoms with Gasteiger partial charge in [-0.1, -0.05) is 13.8 Å². The van der Waals surface area contributed by atoms with Crippen molar-refractivity contribution in [3.05, 3.63) is 23.7 Å². The molecule has 0 fully saturated rings. The zero-order valence-corrected chi connectivity index (χ0v) is 14.3. The van der Waals surface area contributed by atoms with Crippen molar-refractivity contribution in [3.63, 3.8) is 0 Å². The summed E-state index contributed by atoms with van der Waals surface area (Å²) in [6.45, 7) is 5.56. The number of carbonyl (C=O) groups is 1. The predicted octanol–water partition coefficient (Wildman–Crippen LogP) is 3.65. The molecule has 2 atom stereocenters. The highest BCUT2D eigenvalue weighted by molar-refractivity contribution is 6.21. The number of hydrogen-bond donors (Lipinski definition) is 0. The molecule has 0 spiro atoms. The Balaban J connectivity index is 0.00000211. The van der Waals surface area contributed by atoms with Crippen molar-refractivity contribution >= 4 is 17.9 Å². The van der Waals surface area contributed by atoms with Gasteiger partial charge in [-0.3, -0.25) is 0 Å². The largest absolute Gasteiger partial charge is 0.488 e. The lowest BCUT2D eigenvalue weighted by Crippen LogP contribution is -2.13. The monoisotopic (exact) mass is 336 g/mol. The van der Waals surface area contributed by atoms with E-state index in [1.165, 1.54) is 12.2 Å². The van der Waals surface area contributed by atoms with Crippen molar-refractivity contribution in [1.29, 1.82) is 0 Å². The quantitative estimate of drug-likeness (QED) is 0.385. The Morgan fingerprint density at radius 2 is 2.00 bits per heavy atom. The van der Waals surface area contributed by atoms with E-state index in [1.807, 2.05) is 13.8 Å². The fourth-order valence-electron chi connectivity index (χ4n) is 1.74. The second-order valence-electron chi connectivity index (χ2n) is 4.42. The fourth-order valence-corrected chi connectivity index (χ4v) is 2.08. The van der Waals surface area contributed by atoms with Crippen molar-refractivity contribution in [2.24, 2.45) is 5.92 Å². The average Bonchev–Trinajstić information content (AvgIpc) is 2.53. The molecule has 0 aromatic heterocycles. The van der Waals surface area contributed by atoms with Crippen LogP contribution in [0.4, 0.5) is 4.39 Å². The zero-order chi connectivity index (χ0) is 16.8. The summed E-state index contributed by atoms with van der Waals surface area (Å²) in [7, 11) is 1.59. The van der Waals surface area contributed by atoms with E-state index in [0.29, 0.717) is 32.7 Å². The van der Waals surface area contributed by atoms with Crippen LogP contribution in [0.25, 0.3) is 0 Å². The number of aldehydes is 1. The van der Waals surface area contributed by atoms with Crippen LogP contribution in [0.1, 0.15) is 26.7 Å². The molecule has 2 unspecified atom stereocenters. The summed E-state index contributed by atoms with van der Waals surface area (Å²) in [4.78, 5) is 10.8. The number of halogens is 2. The van der Waals surface area contributed by atoms with Gasteiger partial charge in [0, 0.05) is 13.0 Å². The molecule has 0 aliphatic heterocycles. The van der Waals surface area contributed by atoms with Crippen molar-refractivity contribution in [3.8, 4) is 0 Å². The Morgan fingerprint density at radius 3 is 2.64 bits per heavy atom. The molecular weight excluding hydrogens is 311 g/mol. The first kappa shape index (κ1) is 21.1. The van der Waals surface area contributed by atoms with Crippen molar-refractivity contribution in [2.45, 2.75) is 32.1 Å². The highest BCUT2D eigenvalue weighted by Gasteiger charge is 2.18. The van der Waals surface area contributed by atoms with Gasteiger partial charge in [0.2, 0.25) is 0 Å². The van der Waals surface area contributed by atoms with Gasteiger partial charge in [0.1, 0.15) is 12.9 Å². The molecule has 0 amide bonds. The van der Waals surface area contributed by atoms with Crippen molar-refractivity contribution in [1.82, 2.24) is 0 Å². The summed E-state index contributed by atoms with van der Waals surface area (Å²) in [5.74, 6) is -0.623. The van der Waals surface area contributed by atoms with Crippen LogP contribution >= 0.6 is 11.6 Å². The van der Waals surface area contributed by atoms with Crippen LogP contribution in [0.5, 0.6) is 0 Å². The summed E-state index contributed by atoms with van der Waals surface area (Å²) in [5, 5.41) is -0.422. The van der Waals surface area contributed by atoms with Crippen LogP contribution in [0.2, 0.25) is 0 Å². The molecule has 0 saturated heterocycles. The minimum Gasteiger partial charge on any atom is -0.488 e. The minimum atomic E-state index is -0.487. The van der Waals surface area contributed by atoms with Crippen LogP contribution in [0, 0.1) is 5.92 Å². The van der Waals surface area contributed by atoms with E-state index in [0.717, 1.165) is 6.29 Å². The van der Waals surface area contributed by atoms with Crippen LogP contribution in [0.3, 0.4) is 0 Å². The standard InChI is InChI=1S/C14H20ClFO4.C2H6/c1-18-4-5-19-6-7-20-14-9-12(15)8-11(10-17)2-3-13(14)16;1-2/h3,9-12H,2,4-8H2,1H3;1-2H3/b13-3?,14-9+;. The molecule has 0 bridgehead atoms. The van der Waals surface area contributed by atoms with Crippen LogP contribution in [-0.4, -0.2) is 45.2 Å². The lowest BCUT2D eigenvalue weighted by molar-refractivity contribution is -0.111. The van der Waals surface area contributed by atoms with E-state index >= 15 is 0 Å². The summed E-state index contributed by atoms with van der Waals surface area (Å²) in [6, 6.07) is 0. The maximum Gasteiger partial charge on any atom is 0.160 e. The Kier molecular flexibility index (Phi) is 13.2. The SMILES string of the molecule is CC.COCCOCCO/C1=C/C(Cl)CC(C=O)CC=C1F. The van der Waals surface area contributed by atoms with Crippen LogP contribution < -0.4 is 0 Å². The molecule has 22 heavy (non-hydrogen) atoms. The molecule has 0 radical (unpaired) electrons. The van der Waals surface area contributed by atoms with Gasteiger partial charge < -0.3 is 19.0 Å². The van der Waals surface area contributed by atoms with Gasteiger partial charge in [0.25, 0.3) is 0 Å². The van der Waals surface area contributed by atoms with E-state index < -0.39 is 11.2 Å². The Hall–Kier alpha value is -0.910. The number of rotatable bonds is 8. The number of carbonyl (C=O) groups excluding carboxylic acids is 1. The lowest BCUT2D eigenvalue weighted by Gasteiger charge is -2.16. The van der Waals surface area contributed by atoms with Gasteiger partial charge in [-0.2, -0.15) is 0 Å². The fraction of sp³-hybridized carbons (Fsp3) is 0.688. The van der Waals surface area contributed by atoms with Gasteiger partial charge in [0.05, 0.1) is 25.2 Å². The van der Waals surface area contributed by atoms with Crippen molar-refractivity contribution in [2.75, 3.05) is 33.5 Å². The Labute approximate surface area is 137 Å². The minimum absolute atomic E-state index is 0.115. The molecule has 0 aromatic carbocycles. The summed E-state index contributed by atoms with van der Waals surface area (Å²) >= 11 is 6.05. The van der Waals surface area contributed by atoms with Gasteiger partial charge >= 0.3 is 0 Å². The summed E-state index contributed by atoms with van der Waals surface area (Å²) < 4.78 is 29.2. The predicted molar refractivity (Wildman–Crippen MR) is 85.7 cm³/mol. The summed E-state index contributed by atoms with van der Waals surface area (Å²) in [6.07, 6.45) is 4.48. The molecule has 1 aliphatic rings. The summed E-state index contributed by atoms with van der Waals surface area (Å²) in [5.41, 5.74) is 0.